The number of ether oxygens (including phenoxy) is 2. The molecule has 2 aliphatic rings. The van der Waals surface area contributed by atoms with Crippen molar-refractivity contribution in [2.75, 3.05) is 41.4 Å². The molecule has 75 heavy (non-hydrogen) atoms. The summed E-state index contributed by atoms with van der Waals surface area (Å²) in [6.45, 7) is 7.75. The van der Waals surface area contributed by atoms with Gasteiger partial charge in [-0.05, 0) is 24.3 Å². The number of esters is 2. The molecule has 400 valence electrons. The van der Waals surface area contributed by atoms with Gasteiger partial charge in [0.05, 0.1) is 22.1 Å². The number of cyclic esters (lactones) is 2. The topological polar surface area (TPSA) is 302 Å². The van der Waals surface area contributed by atoms with Crippen molar-refractivity contribution < 1.29 is 57.4 Å². The maximum absolute atomic E-state index is 14.9. The Labute approximate surface area is 438 Å². The molecule has 2 aromatic heterocycles. The summed E-state index contributed by atoms with van der Waals surface area (Å²) >= 11 is -0.782. The molecule has 2 fully saturated rings. The van der Waals surface area contributed by atoms with Gasteiger partial charge in [-0.2, -0.15) is 0 Å². The van der Waals surface area contributed by atoms with Crippen LogP contribution < -0.4 is 21.3 Å². The summed E-state index contributed by atoms with van der Waals surface area (Å²) < 4.78 is 11.4. The number of nitrogens with zero attached hydrogens (tertiary/aromatic N) is 8. The van der Waals surface area contributed by atoms with E-state index in [1.165, 1.54) is 54.4 Å². The van der Waals surface area contributed by atoms with Gasteiger partial charge in [0.15, 0.2) is 0 Å². The van der Waals surface area contributed by atoms with E-state index in [2.05, 4.69) is 41.2 Å². The first-order valence-corrected chi connectivity index (χ1v) is 26.6. The molecule has 25 heteroatoms. The molecule has 4 N–H and O–H groups in total. The van der Waals surface area contributed by atoms with E-state index in [4.69, 9.17) is 9.47 Å². The van der Waals surface area contributed by atoms with Crippen molar-refractivity contribution >= 4 is 96.2 Å². The third-order valence-electron chi connectivity index (χ3n) is 12.9. The molecule has 0 saturated carbocycles. The van der Waals surface area contributed by atoms with Gasteiger partial charge in [0.2, 0.25) is 0 Å². The van der Waals surface area contributed by atoms with E-state index in [-0.39, 0.29) is 22.0 Å². The first kappa shape index (κ1) is 56.6. The van der Waals surface area contributed by atoms with E-state index in [9.17, 15) is 47.9 Å². The Morgan fingerprint density at radius 2 is 0.907 bits per heavy atom. The molecule has 0 radical (unpaired) electrons. The molecule has 6 rings (SSSR count). The zero-order chi connectivity index (χ0) is 55.0. The molecule has 2 saturated heterocycles. The van der Waals surface area contributed by atoms with E-state index in [1.54, 1.807) is 76.2 Å². The molecule has 2 bridgehead atoms. The van der Waals surface area contributed by atoms with E-state index in [0.717, 1.165) is 19.6 Å². The number of para-hydroxylation sites is 4. The van der Waals surface area contributed by atoms with Crippen molar-refractivity contribution in [3.05, 3.63) is 72.3 Å². The summed E-state index contributed by atoms with van der Waals surface area (Å²) in [6.07, 6.45) is 2.41. The van der Waals surface area contributed by atoms with Gasteiger partial charge in [-0.1, -0.05) is 24.3 Å². The number of fused-ring (bicyclic) bond motifs is 6. The second-order valence-corrected chi connectivity index (χ2v) is 21.3. The SMILES string of the molecule is CC(C)[C@H]1C(=O)OC[C@@H](NC(=O)c2cnc3ccccc3n2)C(=O)N[C@@H](C)C(=O)N(C)[C@H]2C[Se]C[C@@H](C(=O)N1C)N(C)C(=O)[C@H](C)NC(=O)[C@H](NC(=O)c1cnc3ccccc3n1)COC(=O)[C@H](C(C)C)N(C)C2=O. The number of amides is 8. The normalized spacial score (nSPS) is 24.7. The predicted molar refractivity (Wildman–Crippen MR) is 270 cm³/mol. The van der Waals surface area contributed by atoms with Crippen LogP contribution in [0.4, 0.5) is 0 Å². The molecule has 0 aliphatic carbocycles. The molecule has 4 aromatic rings. The van der Waals surface area contributed by atoms with Gasteiger partial charge >= 0.3 is 360 Å². The Morgan fingerprint density at radius 1 is 0.560 bits per heavy atom. The molecule has 2 aliphatic heterocycles. The fourth-order valence-corrected chi connectivity index (χ4v) is 11.4. The number of likely N-dealkylation sites (N-methyl/N-ethyl adjacent to an activating group) is 4. The van der Waals surface area contributed by atoms with Crippen LogP contribution in [0.25, 0.3) is 22.1 Å². The molecular formula is C50H62N12O12Se. The number of hydrogen-bond acceptors (Lipinski definition) is 16. The van der Waals surface area contributed by atoms with E-state index >= 15 is 0 Å². The van der Waals surface area contributed by atoms with Gasteiger partial charge < -0.3 is 0 Å². The Hall–Kier alpha value is -7.66. The molecule has 4 heterocycles. The number of aromatic nitrogens is 4. The molecule has 2 aromatic carbocycles. The first-order chi connectivity index (χ1) is 35.5. The van der Waals surface area contributed by atoms with Crippen LogP contribution in [0.1, 0.15) is 62.5 Å². The van der Waals surface area contributed by atoms with Gasteiger partial charge in [-0.25, -0.2) is 0 Å². The minimum atomic E-state index is -1.64. The van der Waals surface area contributed by atoms with E-state index in [0.29, 0.717) is 22.1 Å². The third kappa shape index (κ3) is 13.2. The Balaban J connectivity index is 1.39. The zero-order valence-electron chi connectivity index (χ0n) is 43.3. The summed E-state index contributed by atoms with van der Waals surface area (Å²) in [5.41, 5.74) is 1.41. The van der Waals surface area contributed by atoms with Crippen LogP contribution >= 0.6 is 0 Å². The van der Waals surface area contributed by atoms with Crippen LogP contribution in [0.3, 0.4) is 0 Å². The molecule has 8 amide bonds. The van der Waals surface area contributed by atoms with Gasteiger partial charge in [0.1, 0.15) is 0 Å². The van der Waals surface area contributed by atoms with Crippen molar-refractivity contribution in [3.63, 3.8) is 0 Å². The van der Waals surface area contributed by atoms with Crippen LogP contribution in [-0.2, 0) is 47.8 Å². The summed E-state index contributed by atoms with van der Waals surface area (Å²) in [7, 11) is 5.36. The summed E-state index contributed by atoms with van der Waals surface area (Å²) in [6, 6.07) is 2.18. The quantitative estimate of drug-likeness (QED) is 0.143. The van der Waals surface area contributed by atoms with Crippen molar-refractivity contribution in [3.8, 4) is 0 Å². The van der Waals surface area contributed by atoms with Crippen LogP contribution in [0.5, 0.6) is 0 Å². The molecule has 24 nitrogen and oxygen atoms in total. The second kappa shape index (κ2) is 24.6. The van der Waals surface area contributed by atoms with Crippen LogP contribution in [-0.4, -0.2) is 203 Å². The van der Waals surface area contributed by atoms with E-state index in [1.807, 2.05) is 0 Å². The Bertz CT molecular complexity index is 2680. The van der Waals surface area contributed by atoms with E-state index < -0.39 is 148 Å². The number of rotatable bonds is 6. The van der Waals surface area contributed by atoms with Crippen LogP contribution in [0.2, 0.25) is 10.6 Å². The predicted octanol–water partition coefficient (Wildman–Crippen LogP) is -0.246. The van der Waals surface area contributed by atoms with Gasteiger partial charge in [0.25, 0.3) is 0 Å². The maximum atomic E-state index is 14.9. The number of carbonyl (C=O) groups is 10. The molecule has 0 spiro atoms. The molecular weight excluding hydrogens is 1040 g/mol. The molecule has 0 unspecified atom stereocenters. The standard InChI is InChI=1S/C50H62N12O12Se/c1-25(2)39-49(71)73-21-35(57-41(63)33-19-51-29-15-11-13-17-31(29)55-33)43(65)53-28(6)46(68)60(8)38-24-75-23-37(47(69)61(39)9)59(7)45(67)27(5)54-44(66)36(22-74-50(72)40(26(3)4)62(10)48(38)70)58-42(64)34-20-52-30-16-12-14-18-32(30)56-34/h11-20,25-28,35-40H,21-24H2,1-10H3,(H,53,65)(H,54,66)(H,57,63)(H,58,64)/t27-,28-,35+,36+,37-,38-,39-,40-/m0/s1. The van der Waals surface area contributed by atoms with Crippen molar-refractivity contribution in [1.82, 2.24) is 60.8 Å². The monoisotopic (exact) mass is 1100 g/mol. The minimum absolute atomic E-state index is 0.0896. The van der Waals surface area contributed by atoms with Crippen LogP contribution in [0.15, 0.2) is 60.9 Å². The van der Waals surface area contributed by atoms with Gasteiger partial charge in [0, 0.05) is 0 Å². The summed E-state index contributed by atoms with van der Waals surface area (Å²) in [5, 5.41) is 10.0. The van der Waals surface area contributed by atoms with Crippen molar-refractivity contribution in [2.45, 2.75) is 101 Å². The number of hydrogen-bond donors (Lipinski definition) is 4. The second-order valence-electron chi connectivity index (χ2n) is 19.0. The fourth-order valence-electron chi connectivity index (χ4n) is 8.62. The molecule has 8 atom stereocenters. The van der Waals surface area contributed by atoms with Crippen molar-refractivity contribution in [1.29, 1.82) is 0 Å². The number of nitrogens with one attached hydrogen (secondary N) is 4. The first-order valence-electron chi connectivity index (χ1n) is 24.1. The average Bonchev–Trinajstić information content (AvgIpc) is 3.38. The Kier molecular flexibility index (Phi) is 18.6. The van der Waals surface area contributed by atoms with Gasteiger partial charge in [-0.15, -0.1) is 0 Å². The number of benzene rings is 2. The zero-order valence-corrected chi connectivity index (χ0v) is 45.0. The third-order valence-corrected chi connectivity index (χ3v) is 15.2. The Morgan fingerprint density at radius 3 is 1.25 bits per heavy atom. The summed E-state index contributed by atoms with van der Waals surface area (Å²) in [4.78, 5) is 164. The van der Waals surface area contributed by atoms with Crippen molar-refractivity contribution in [2.24, 2.45) is 11.8 Å². The fraction of sp³-hybridized carbons (Fsp3) is 0.480. The van der Waals surface area contributed by atoms with Gasteiger partial charge in [-0.3, -0.25) is 9.97 Å². The summed E-state index contributed by atoms with van der Waals surface area (Å²) in [5.74, 6) is -9.87. The van der Waals surface area contributed by atoms with Crippen LogP contribution in [0, 0.1) is 11.8 Å². The number of carbonyl (C=O) groups excluding carboxylic acids is 10. The average molecular weight is 1100 g/mol.